The second-order valence-corrected chi connectivity index (χ2v) is 5.55. The predicted octanol–water partition coefficient (Wildman–Crippen LogP) is 2.06. The van der Waals surface area contributed by atoms with Crippen molar-refractivity contribution in [1.82, 2.24) is 14.5 Å². The Hall–Kier alpha value is -1.79. The van der Waals surface area contributed by atoms with Crippen LogP contribution in [0.15, 0.2) is 18.2 Å². The monoisotopic (exact) mass is 275 g/mol. The Morgan fingerprint density at radius 3 is 2.89 bits per heavy atom. The Morgan fingerprint density at radius 1 is 1.42 bits per heavy atom. The number of rotatable bonds is 3. The van der Waals surface area contributed by atoms with Gasteiger partial charge in [0.15, 0.2) is 0 Å². The average molecular weight is 275 g/mol. The van der Waals surface area contributed by atoms with Gasteiger partial charge in [-0.15, -0.1) is 5.10 Å². The fourth-order valence-electron chi connectivity index (χ4n) is 2.31. The highest BCUT2D eigenvalue weighted by molar-refractivity contribution is 7.05. The molecule has 2 aromatic rings. The van der Waals surface area contributed by atoms with Crippen LogP contribution in [0.1, 0.15) is 32.1 Å². The van der Waals surface area contributed by atoms with Gasteiger partial charge in [-0.3, -0.25) is 4.90 Å². The van der Waals surface area contributed by atoms with Gasteiger partial charge in [-0.2, -0.15) is 0 Å². The zero-order valence-corrected chi connectivity index (χ0v) is 11.3. The highest BCUT2D eigenvalue weighted by atomic mass is 32.1. The molecule has 1 aromatic heterocycles. The number of nitrogens with zero attached hydrogens (tertiary/aromatic N) is 3. The van der Waals surface area contributed by atoms with E-state index in [1.54, 1.807) is 12.1 Å². The van der Waals surface area contributed by atoms with Gasteiger partial charge in [-0.1, -0.05) is 10.6 Å². The number of aryl methyl sites for hydroxylation is 1. The lowest BCUT2D eigenvalue weighted by Crippen LogP contribution is -2.15. The minimum Gasteiger partial charge on any atom is -0.478 e. The molecule has 2 heterocycles. The maximum absolute atomic E-state index is 11.0. The quantitative estimate of drug-likeness (QED) is 0.928. The molecule has 0 spiro atoms. The average Bonchev–Trinajstić information content (AvgIpc) is 2.95. The van der Waals surface area contributed by atoms with Crippen LogP contribution in [0.2, 0.25) is 0 Å². The first-order chi connectivity index (χ1) is 9.13. The molecule has 0 saturated carbocycles. The first-order valence-electron chi connectivity index (χ1n) is 5.99. The largest absolute Gasteiger partial charge is 0.478 e. The number of hydrogen-bond acceptors (Lipinski definition) is 5. The molecule has 1 aliphatic heterocycles. The van der Waals surface area contributed by atoms with Gasteiger partial charge in [0.05, 0.1) is 16.1 Å². The Morgan fingerprint density at radius 2 is 2.21 bits per heavy atom. The summed E-state index contributed by atoms with van der Waals surface area (Å²) in [6, 6.07) is 5.36. The highest BCUT2D eigenvalue weighted by Gasteiger charge is 2.21. The van der Waals surface area contributed by atoms with E-state index in [0.29, 0.717) is 5.56 Å². The summed E-state index contributed by atoms with van der Waals surface area (Å²) in [5.74, 6) is -0.872. The van der Waals surface area contributed by atoms with E-state index in [9.17, 15) is 4.79 Å². The third-order valence-corrected chi connectivity index (χ3v) is 4.16. The topological polar surface area (TPSA) is 66.3 Å². The molecule has 0 unspecified atom stereocenters. The number of carbonyl (C=O) groups is 1. The van der Waals surface area contributed by atoms with Gasteiger partial charge in [0.1, 0.15) is 0 Å². The molecular weight excluding hydrogens is 262 g/mol. The molecule has 0 saturated heterocycles. The van der Waals surface area contributed by atoms with Crippen LogP contribution < -0.4 is 0 Å². The third-order valence-electron chi connectivity index (χ3n) is 3.35. The third kappa shape index (κ3) is 2.36. The van der Waals surface area contributed by atoms with Crippen LogP contribution >= 0.6 is 11.5 Å². The van der Waals surface area contributed by atoms with Gasteiger partial charge >= 0.3 is 5.97 Å². The number of fused-ring (bicyclic) bond motifs is 1. The van der Waals surface area contributed by atoms with Crippen LogP contribution in [0, 0.1) is 6.92 Å². The van der Waals surface area contributed by atoms with E-state index in [0.717, 1.165) is 30.9 Å². The molecular formula is C13H13N3O2S. The number of aromatic nitrogens is 2. The summed E-state index contributed by atoms with van der Waals surface area (Å²) in [5.41, 5.74) is 3.65. The molecule has 1 N–H and O–H groups in total. The van der Waals surface area contributed by atoms with E-state index < -0.39 is 5.97 Å². The second kappa shape index (κ2) is 4.71. The van der Waals surface area contributed by atoms with Crippen molar-refractivity contribution in [1.29, 1.82) is 0 Å². The number of benzene rings is 1. The van der Waals surface area contributed by atoms with E-state index >= 15 is 0 Å². The summed E-state index contributed by atoms with van der Waals surface area (Å²) >= 11 is 1.43. The molecule has 3 rings (SSSR count). The first kappa shape index (κ1) is 12.3. The summed E-state index contributed by atoms with van der Waals surface area (Å²) in [5, 5.41) is 13.0. The zero-order chi connectivity index (χ0) is 13.4. The van der Waals surface area contributed by atoms with Crippen LogP contribution in [0.3, 0.4) is 0 Å². The SMILES string of the molecule is Cc1nnsc1CN1Cc2ccc(C(=O)O)cc2C1. The normalized spacial score (nSPS) is 14.6. The van der Waals surface area contributed by atoms with E-state index in [2.05, 4.69) is 14.5 Å². The van der Waals surface area contributed by atoms with Crippen molar-refractivity contribution in [3.63, 3.8) is 0 Å². The Bertz CT molecular complexity index is 639. The minimum atomic E-state index is -0.872. The van der Waals surface area contributed by atoms with Gasteiger partial charge in [0, 0.05) is 19.6 Å². The number of carboxylic acids is 1. The van der Waals surface area contributed by atoms with Gasteiger partial charge in [0.25, 0.3) is 0 Å². The van der Waals surface area contributed by atoms with Gasteiger partial charge in [-0.05, 0) is 41.7 Å². The van der Waals surface area contributed by atoms with Crippen LogP contribution in [0.4, 0.5) is 0 Å². The molecule has 98 valence electrons. The van der Waals surface area contributed by atoms with E-state index in [-0.39, 0.29) is 0 Å². The fourth-order valence-corrected chi connectivity index (χ4v) is 2.98. The van der Waals surface area contributed by atoms with Crippen molar-refractivity contribution in [2.45, 2.75) is 26.6 Å². The van der Waals surface area contributed by atoms with Crippen LogP contribution in [0.5, 0.6) is 0 Å². The summed E-state index contributed by atoms with van der Waals surface area (Å²) in [7, 11) is 0. The van der Waals surface area contributed by atoms with E-state index in [1.807, 2.05) is 13.0 Å². The summed E-state index contributed by atoms with van der Waals surface area (Å²) in [6.07, 6.45) is 0. The molecule has 5 nitrogen and oxygen atoms in total. The second-order valence-electron chi connectivity index (χ2n) is 4.72. The maximum Gasteiger partial charge on any atom is 0.335 e. The van der Waals surface area contributed by atoms with Gasteiger partial charge in [0.2, 0.25) is 0 Å². The molecule has 1 aromatic carbocycles. The molecule has 0 aliphatic carbocycles. The molecule has 0 fully saturated rings. The molecule has 0 radical (unpaired) electrons. The molecule has 6 heteroatoms. The van der Waals surface area contributed by atoms with Crippen LogP contribution in [-0.4, -0.2) is 25.6 Å². The van der Waals surface area contributed by atoms with Crippen molar-refractivity contribution >= 4 is 17.5 Å². The first-order valence-corrected chi connectivity index (χ1v) is 6.76. The standard InChI is InChI=1S/C13H13N3O2S/c1-8-12(19-15-14-8)7-16-5-10-3-2-9(13(17)18)4-11(10)6-16/h2-4H,5-7H2,1H3,(H,17,18). The summed E-state index contributed by atoms with van der Waals surface area (Å²) in [4.78, 5) is 14.4. The van der Waals surface area contributed by atoms with E-state index in [1.165, 1.54) is 22.0 Å². The lowest BCUT2D eigenvalue weighted by Gasteiger charge is -2.12. The summed E-state index contributed by atoms with van der Waals surface area (Å²) in [6.45, 7) is 4.42. The van der Waals surface area contributed by atoms with Crippen LogP contribution in [0.25, 0.3) is 0 Å². The lowest BCUT2D eigenvalue weighted by molar-refractivity contribution is 0.0696. The molecule has 19 heavy (non-hydrogen) atoms. The number of hydrogen-bond donors (Lipinski definition) is 1. The Kier molecular flexibility index (Phi) is 3.04. The number of aromatic carboxylic acids is 1. The van der Waals surface area contributed by atoms with Gasteiger partial charge < -0.3 is 5.11 Å². The van der Waals surface area contributed by atoms with E-state index in [4.69, 9.17) is 5.11 Å². The van der Waals surface area contributed by atoms with Crippen molar-refractivity contribution < 1.29 is 9.90 Å². The number of carboxylic acid groups (broad SMARTS) is 1. The highest BCUT2D eigenvalue weighted by Crippen LogP contribution is 2.26. The van der Waals surface area contributed by atoms with Crippen molar-refractivity contribution in [2.75, 3.05) is 0 Å². The Labute approximate surface area is 114 Å². The molecule has 0 bridgehead atoms. The van der Waals surface area contributed by atoms with Crippen molar-refractivity contribution in [3.05, 3.63) is 45.5 Å². The fraction of sp³-hybridized carbons (Fsp3) is 0.308. The minimum absolute atomic E-state index is 0.358. The van der Waals surface area contributed by atoms with Gasteiger partial charge in [-0.25, -0.2) is 4.79 Å². The molecule has 0 amide bonds. The summed E-state index contributed by atoms with van der Waals surface area (Å²) < 4.78 is 3.94. The van der Waals surface area contributed by atoms with Crippen molar-refractivity contribution in [2.24, 2.45) is 0 Å². The molecule has 1 aliphatic rings. The predicted molar refractivity (Wildman–Crippen MR) is 71.0 cm³/mol. The Balaban J connectivity index is 1.77. The van der Waals surface area contributed by atoms with Crippen LogP contribution in [-0.2, 0) is 19.6 Å². The lowest BCUT2D eigenvalue weighted by atomic mass is 10.1. The smallest absolute Gasteiger partial charge is 0.335 e. The zero-order valence-electron chi connectivity index (χ0n) is 10.5. The van der Waals surface area contributed by atoms with Crippen molar-refractivity contribution in [3.8, 4) is 0 Å². The molecule has 0 atom stereocenters. The maximum atomic E-state index is 11.0.